The number of aliphatic carboxylic acids is 1. The van der Waals surface area contributed by atoms with Gasteiger partial charge < -0.3 is 14.7 Å². The SMILES string of the molecule is CN(C(=O)Cc1ccc(Cl)c(Cl)c1)C(CN1CCC(OCC(=O)O)C1)c1ccccc1. The third-order valence-corrected chi connectivity index (χ3v) is 6.23. The van der Waals surface area contributed by atoms with E-state index < -0.39 is 5.97 Å². The number of carboxylic acids is 1. The van der Waals surface area contributed by atoms with Gasteiger partial charge in [0.15, 0.2) is 0 Å². The fraction of sp³-hybridized carbons (Fsp3) is 0.391. The van der Waals surface area contributed by atoms with Gasteiger partial charge in [-0.1, -0.05) is 59.6 Å². The molecule has 1 aliphatic heterocycles. The van der Waals surface area contributed by atoms with Gasteiger partial charge in [-0.3, -0.25) is 9.69 Å². The molecule has 2 unspecified atom stereocenters. The molecule has 0 aliphatic carbocycles. The van der Waals surface area contributed by atoms with Crippen molar-refractivity contribution >= 4 is 35.1 Å². The summed E-state index contributed by atoms with van der Waals surface area (Å²) in [5.41, 5.74) is 1.85. The summed E-state index contributed by atoms with van der Waals surface area (Å²) in [5, 5.41) is 9.71. The monoisotopic (exact) mass is 464 g/mol. The molecule has 0 radical (unpaired) electrons. The molecule has 3 rings (SSSR count). The quantitative estimate of drug-likeness (QED) is 0.608. The van der Waals surface area contributed by atoms with Gasteiger partial charge in [0.25, 0.3) is 0 Å². The molecule has 8 heteroatoms. The van der Waals surface area contributed by atoms with E-state index in [4.69, 9.17) is 33.0 Å². The Bertz CT molecular complexity index is 910. The van der Waals surface area contributed by atoms with Gasteiger partial charge in [-0.15, -0.1) is 0 Å². The first-order valence-electron chi connectivity index (χ1n) is 10.1. The number of ether oxygens (including phenoxy) is 1. The molecule has 31 heavy (non-hydrogen) atoms. The van der Waals surface area contributed by atoms with Gasteiger partial charge in [-0.25, -0.2) is 4.79 Å². The second kappa shape index (κ2) is 11.0. The molecule has 1 fully saturated rings. The average Bonchev–Trinajstić information content (AvgIpc) is 3.21. The highest BCUT2D eigenvalue weighted by atomic mass is 35.5. The Labute approximate surface area is 192 Å². The Morgan fingerprint density at radius 2 is 1.94 bits per heavy atom. The predicted octanol–water partition coefficient (Wildman–Crippen LogP) is 3.91. The van der Waals surface area contributed by atoms with Crippen LogP contribution in [0.3, 0.4) is 0 Å². The number of rotatable bonds is 9. The zero-order chi connectivity index (χ0) is 22.4. The lowest BCUT2D eigenvalue weighted by Crippen LogP contribution is -2.39. The number of hydrogen-bond acceptors (Lipinski definition) is 4. The third-order valence-electron chi connectivity index (χ3n) is 5.49. The van der Waals surface area contributed by atoms with E-state index >= 15 is 0 Å². The number of benzene rings is 2. The van der Waals surface area contributed by atoms with Crippen LogP contribution in [0.5, 0.6) is 0 Å². The van der Waals surface area contributed by atoms with Crippen LogP contribution in [0.4, 0.5) is 0 Å². The van der Waals surface area contributed by atoms with E-state index in [-0.39, 0.29) is 31.1 Å². The van der Waals surface area contributed by atoms with Crippen molar-refractivity contribution in [3.05, 3.63) is 69.7 Å². The zero-order valence-corrected chi connectivity index (χ0v) is 18.9. The summed E-state index contributed by atoms with van der Waals surface area (Å²) in [4.78, 5) is 27.8. The highest BCUT2D eigenvalue weighted by Crippen LogP contribution is 2.26. The minimum Gasteiger partial charge on any atom is -0.480 e. The first-order valence-corrected chi connectivity index (χ1v) is 10.9. The van der Waals surface area contributed by atoms with Crippen LogP contribution in [0.25, 0.3) is 0 Å². The van der Waals surface area contributed by atoms with E-state index in [0.717, 1.165) is 24.1 Å². The molecule has 1 heterocycles. The molecule has 6 nitrogen and oxygen atoms in total. The number of nitrogens with zero attached hydrogens (tertiary/aromatic N) is 2. The molecule has 1 saturated heterocycles. The lowest BCUT2D eigenvalue weighted by atomic mass is 10.0. The number of amides is 1. The van der Waals surface area contributed by atoms with Crippen LogP contribution < -0.4 is 0 Å². The maximum absolute atomic E-state index is 13.1. The summed E-state index contributed by atoms with van der Waals surface area (Å²) in [6.45, 7) is 1.79. The van der Waals surface area contributed by atoms with E-state index in [9.17, 15) is 9.59 Å². The van der Waals surface area contributed by atoms with Crippen LogP contribution in [-0.2, 0) is 20.7 Å². The van der Waals surface area contributed by atoms with E-state index in [0.29, 0.717) is 23.1 Å². The normalized spacial score (nSPS) is 17.5. The number of likely N-dealkylation sites (N-methyl/N-ethyl adjacent to an activating group) is 1. The Morgan fingerprint density at radius 1 is 1.19 bits per heavy atom. The smallest absolute Gasteiger partial charge is 0.329 e. The van der Waals surface area contributed by atoms with Gasteiger partial charge in [0.1, 0.15) is 6.61 Å². The van der Waals surface area contributed by atoms with Crippen molar-refractivity contribution in [2.75, 3.05) is 33.3 Å². The number of halogens is 2. The molecule has 0 saturated carbocycles. The molecule has 0 bridgehead atoms. The molecule has 1 aliphatic rings. The standard InChI is InChI=1S/C23H26Cl2N2O4/c1-26(22(28)12-16-7-8-19(24)20(25)11-16)21(17-5-3-2-4-6-17)14-27-10-9-18(13-27)31-15-23(29)30/h2-8,11,18,21H,9-10,12-15H2,1H3,(H,29,30). The fourth-order valence-electron chi connectivity index (χ4n) is 3.78. The fourth-order valence-corrected chi connectivity index (χ4v) is 4.10. The number of hydrogen-bond donors (Lipinski definition) is 1. The molecule has 1 amide bonds. The number of carbonyl (C=O) groups is 2. The van der Waals surface area contributed by atoms with Crippen molar-refractivity contribution in [1.82, 2.24) is 9.80 Å². The predicted molar refractivity (Wildman–Crippen MR) is 121 cm³/mol. The Morgan fingerprint density at radius 3 is 2.61 bits per heavy atom. The second-order valence-corrected chi connectivity index (χ2v) is 8.55. The van der Waals surface area contributed by atoms with E-state index in [1.165, 1.54) is 0 Å². The number of carbonyl (C=O) groups excluding carboxylic acids is 1. The summed E-state index contributed by atoms with van der Waals surface area (Å²) >= 11 is 12.1. The lowest BCUT2D eigenvalue weighted by molar-refractivity contribution is -0.144. The summed E-state index contributed by atoms with van der Waals surface area (Å²) < 4.78 is 5.44. The topological polar surface area (TPSA) is 70.1 Å². The van der Waals surface area contributed by atoms with Crippen molar-refractivity contribution in [1.29, 1.82) is 0 Å². The van der Waals surface area contributed by atoms with Crippen molar-refractivity contribution in [2.24, 2.45) is 0 Å². The molecular weight excluding hydrogens is 439 g/mol. The Hall–Kier alpha value is -2.12. The molecule has 2 aromatic carbocycles. The summed E-state index contributed by atoms with van der Waals surface area (Å²) in [6.07, 6.45) is 0.890. The van der Waals surface area contributed by atoms with Gasteiger partial charge in [0.2, 0.25) is 5.91 Å². The van der Waals surface area contributed by atoms with Crippen LogP contribution in [-0.4, -0.2) is 66.2 Å². The first kappa shape index (κ1) is 23.5. The minimum atomic E-state index is -0.965. The van der Waals surface area contributed by atoms with E-state index in [1.807, 2.05) is 43.4 Å². The van der Waals surface area contributed by atoms with E-state index in [1.54, 1.807) is 17.0 Å². The van der Waals surface area contributed by atoms with Gasteiger partial charge >= 0.3 is 5.97 Å². The summed E-state index contributed by atoms with van der Waals surface area (Å²) in [7, 11) is 1.81. The van der Waals surface area contributed by atoms with Gasteiger partial charge in [0, 0.05) is 26.7 Å². The largest absolute Gasteiger partial charge is 0.480 e. The van der Waals surface area contributed by atoms with Crippen LogP contribution in [0.2, 0.25) is 10.0 Å². The molecule has 166 valence electrons. The zero-order valence-electron chi connectivity index (χ0n) is 17.3. The molecule has 0 spiro atoms. The lowest BCUT2D eigenvalue weighted by Gasteiger charge is -2.32. The summed E-state index contributed by atoms with van der Waals surface area (Å²) in [6, 6.07) is 15.0. The van der Waals surface area contributed by atoms with E-state index in [2.05, 4.69) is 4.90 Å². The van der Waals surface area contributed by atoms with Gasteiger partial charge in [-0.05, 0) is 29.7 Å². The van der Waals surface area contributed by atoms with Crippen molar-refractivity contribution < 1.29 is 19.4 Å². The Kier molecular flexibility index (Phi) is 8.32. The third kappa shape index (κ3) is 6.68. The Balaban J connectivity index is 1.69. The van der Waals surface area contributed by atoms with Crippen LogP contribution in [0, 0.1) is 0 Å². The first-order chi connectivity index (χ1) is 14.8. The second-order valence-electron chi connectivity index (χ2n) is 7.73. The van der Waals surface area contributed by atoms with Crippen LogP contribution in [0.1, 0.15) is 23.6 Å². The van der Waals surface area contributed by atoms with Gasteiger partial charge in [0.05, 0.1) is 28.6 Å². The highest BCUT2D eigenvalue weighted by molar-refractivity contribution is 6.42. The molecule has 1 N–H and O–H groups in total. The summed E-state index contributed by atoms with van der Waals surface area (Å²) in [5.74, 6) is -0.988. The van der Waals surface area contributed by atoms with Crippen LogP contribution >= 0.6 is 23.2 Å². The van der Waals surface area contributed by atoms with Crippen LogP contribution in [0.15, 0.2) is 48.5 Å². The minimum absolute atomic E-state index is 0.0230. The average molecular weight is 465 g/mol. The molecular formula is C23H26Cl2N2O4. The van der Waals surface area contributed by atoms with Crippen molar-refractivity contribution in [2.45, 2.75) is 25.0 Å². The number of likely N-dealkylation sites (tertiary alicyclic amines) is 1. The van der Waals surface area contributed by atoms with Crippen molar-refractivity contribution in [3.63, 3.8) is 0 Å². The maximum atomic E-state index is 13.1. The highest BCUT2D eigenvalue weighted by Gasteiger charge is 2.29. The molecule has 2 atom stereocenters. The molecule has 0 aromatic heterocycles. The van der Waals surface area contributed by atoms with Gasteiger partial charge in [-0.2, -0.15) is 0 Å². The number of carboxylic acid groups (broad SMARTS) is 1. The van der Waals surface area contributed by atoms with Crippen molar-refractivity contribution in [3.8, 4) is 0 Å². The maximum Gasteiger partial charge on any atom is 0.329 e. The molecule has 2 aromatic rings.